The fraction of sp³-hybridized carbons (Fsp3) is 0.143. The number of pyridine rings is 1. The van der Waals surface area contributed by atoms with Crippen molar-refractivity contribution in [3.63, 3.8) is 0 Å². The number of urea groups is 1. The number of benzene rings is 1. The molecule has 0 bridgehead atoms. The van der Waals surface area contributed by atoms with E-state index in [-0.39, 0.29) is 18.0 Å². The molecule has 8 nitrogen and oxygen atoms in total. The van der Waals surface area contributed by atoms with E-state index in [1.165, 1.54) is 10.5 Å². The van der Waals surface area contributed by atoms with Crippen LogP contribution >= 0.6 is 0 Å². The molecule has 1 aliphatic heterocycles. The van der Waals surface area contributed by atoms with Crippen LogP contribution in [-0.2, 0) is 17.8 Å². The molecule has 4 heterocycles. The van der Waals surface area contributed by atoms with Gasteiger partial charge in [-0.15, -0.1) is 0 Å². The summed E-state index contributed by atoms with van der Waals surface area (Å²) in [4.78, 5) is 46.2. The molecule has 1 unspecified atom stereocenters. The highest BCUT2D eigenvalue weighted by Gasteiger charge is 2.38. The Hall–Kier alpha value is -3.94. The van der Waals surface area contributed by atoms with E-state index in [1.807, 2.05) is 30.5 Å². The quantitative estimate of drug-likeness (QED) is 0.522. The Morgan fingerprint density at radius 2 is 1.86 bits per heavy atom. The Balaban J connectivity index is 1.39. The summed E-state index contributed by atoms with van der Waals surface area (Å²) < 4.78 is 1.41. The van der Waals surface area contributed by atoms with Crippen LogP contribution in [0.1, 0.15) is 11.3 Å². The third-order valence-electron chi connectivity index (χ3n) is 5.15. The van der Waals surface area contributed by atoms with Gasteiger partial charge in [0.15, 0.2) is 0 Å². The number of H-pyrrole nitrogens is 1. The minimum absolute atomic E-state index is 0.0459. The Morgan fingerprint density at radius 1 is 1.03 bits per heavy atom. The number of fused-ring (bicyclic) bond motifs is 2. The second-order valence-corrected chi connectivity index (χ2v) is 7.00. The van der Waals surface area contributed by atoms with Crippen molar-refractivity contribution in [3.05, 3.63) is 82.5 Å². The van der Waals surface area contributed by atoms with Crippen LogP contribution in [0, 0.1) is 0 Å². The molecule has 1 saturated heterocycles. The first kappa shape index (κ1) is 17.2. The van der Waals surface area contributed by atoms with Gasteiger partial charge in [-0.3, -0.25) is 18.9 Å². The van der Waals surface area contributed by atoms with Gasteiger partial charge >= 0.3 is 6.03 Å². The van der Waals surface area contributed by atoms with Gasteiger partial charge in [0.05, 0.1) is 12.2 Å². The van der Waals surface area contributed by atoms with E-state index in [1.54, 1.807) is 24.4 Å². The second kappa shape index (κ2) is 6.59. The van der Waals surface area contributed by atoms with Crippen LogP contribution in [0.3, 0.4) is 0 Å². The van der Waals surface area contributed by atoms with Crippen molar-refractivity contribution in [2.45, 2.75) is 19.0 Å². The van der Waals surface area contributed by atoms with Gasteiger partial charge in [0.25, 0.3) is 11.5 Å². The van der Waals surface area contributed by atoms with Gasteiger partial charge in [0.2, 0.25) is 0 Å². The first-order valence-electron chi connectivity index (χ1n) is 9.24. The van der Waals surface area contributed by atoms with Crippen molar-refractivity contribution in [1.29, 1.82) is 0 Å². The number of hydrogen-bond donors (Lipinski definition) is 2. The maximum absolute atomic E-state index is 12.9. The molecule has 0 spiro atoms. The summed E-state index contributed by atoms with van der Waals surface area (Å²) in [6, 6.07) is 13.3. The lowest BCUT2D eigenvalue weighted by molar-refractivity contribution is -0.127. The van der Waals surface area contributed by atoms with Crippen LogP contribution in [0.2, 0.25) is 0 Å². The van der Waals surface area contributed by atoms with Crippen LogP contribution in [-0.4, -0.2) is 37.2 Å². The molecule has 4 aromatic rings. The number of aromatic amines is 1. The molecule has 1 aromatic carbocycles. The van der Waals surface area contributed by atoms with Crippen LogP contribution < -0.4 is 10.9 Å². The standard InChI is InChI=1S/C21H17N5O3/c27-19-10-14(23-18-7-3-4-8-25(18)19)12-26-20(28)17(24-21(26)29)9-13-11-22-16-6-2-1-5-15(13)16/h1-8,10-11,17,22H,9,12H2,(H,24,29). The fourth-order valence-electron chi connectivity index (χ4n) is 3.73. The maximum Gasteiger partial charge on any atom is 0.325 e. The van der Waals surface area contributed by atoms with Crippen LogP contribution in [0.4, 0.5) is 4.79 Å². The predicted molar refractivity (Wildman–Crippen MR) is 106 cm³/mol. The number of rotatable bonds is 4. The number of nitrogens with one attached hydrogen (secondary N) is 2. The van der Waals surface area contributed by atoms with Gasteiger partial charge in [-0.05, 0) is 23.8 Å². The Bertz CT molecular complexity index is 1320. The Kier molecular flexibility index (Phi) is 3.90. The number of amides is 3. The number of carbonyl (C=O) groups is 2. The minimum atomic E-state index is -0.650. The molecule has 0 aliphatic carbocycles. The highest BCUT2D eigenvalue weighted by atomic mass is 16.2. The molecule has 5 rings (SSSR count). The Morgan fingerprint density at radius 3 is 2.76 bits per heavy atom. The highest BCUT2D eigenvalue weighted by Crippen LogP contribution is 2.21. The number of aromatic nitrogens is 3. The van der Waals surface area contributed by atoms with E-state index in [2.05, 4.69) is 15.3 Å². The molecule has 1 fully saturated rings. The molecular weight excluding hydrogens is 370 g/mol. The lowest BCUT2D eigenvalue weighted by Gasteiger charge is -2.13. The van der Waals surface area contributed by atoms with Crippen molar-refractivity contribution < 1.29 is 9.59 Å². The molecule has 0 saturated carbocycles. The number of carbonyl (C=O) groups excluding carboxylic acids is 2. The highest BCUT2D eigenvalue weighted by molar-refractivity contribution is 6.04. The van der Waals surface area contributed by atoms with Crippen LogP contribution in [0.5, 0.6) is 0 Å². The minimum Gasteiger partial charge on any atom is -0.361 e. The molecule has 8 heteroatoms. The zero-order chi connectivity index (χ0) is 20.0. The van der Waals surface area contributed by atoms with Crippen molar-refractivity contribution in [2.24, 2.45) is 0 Å². The van der Waals surface area contributed by atoms with Gasteiger partial charge in [0.1, 0.15) is 11.7 Å². The smallest absolute Gasteiger partial charge is 0.325 e. The summed E-state index contributed by atoms with van der Waals surface area (Å²) in [5, 5.41) is 3.77. The molecule has 2 N–H and O–H groups in total. The monoisotopic (exact) mass is 387 g/mol. The van der Waals surface area contributed by atoms with Crippen molar-refractivity contribution >= 4 is 28.5 Å². The molecular formula is C21H17N5O3. The normalized spacial score (nSPS) is 16.7. The summed E-state index contributed by atoms with van der Waals surface area (Å²) in [5.41, 5.74) is 2.53. The average molecular weight is 387 g/mol. The fourth-order valence-corrected chi connectivity index (χ4v) is 3.73. The summed E-state index contributed by atoms with van der Waals surface area (Å²) in [6.45, 7) is -0.0459. The van der Waals surface area contributed by atoms with Crippen molar-refractivity contribution in [3.8, 4) is 0 Å². The van der Waals surface area contributed by atoms with E-state index in [4.69, 9.17) is 0 Å². The number of imide groups is 1. The molecule has 1 aliphatic rings. The summed E-state index contributed by atoms with van der Waals surface area (Å²) in [7, 11) is 0. The predicted octanol–water partition coefficient (Wildman–Crippen LogP) is 1.84. The second-order valence-electron chi connectivity index (χ2n) is 7.00. The van der Waals surface area contributed by atoms with Gasteiger partial charge in [-0.25, -0.2) is 9.78 Å². The zero-order valence-corrected chi connectivity index (χ0v) is 15.3. The third-order valence-corrected chi connectivity index (χ3v) is 5.15. The number of hydrogen-bond acceptors (Lipinski definition) is 4. The Labute approximate surface area is 164 Å². The number of para-hydroxylation sites is 1. The van der Waals surface area contributed by atoms with Crippen LogP contribution in [0.25, 0.3) is 16.6 Å². The van der Waals surface area contributed by atoms with Gasteiger partial charge in [-0.1, -0.05) is 24.3 Å². The van der Waals surface area contributed by atoms with Gasteiger partial charge in [-0.2, -0.15) is 0 Å². The lowest BCUT2D eigenvalue weighted by Crippen LogP contribution is -2.32. The summed E-state index contributed by atoms with van der Waals surface area (Å²) in [5.74, 6) is -0.324. The van der Waals surface area contributed by atoms with Gasteiger partial charge in [0, 0.05) is 35.8 Å². The average Bonchev–Trinajstić information content (AvgIpc) is 3.25. The van der Waals surface area contributed by atoms with E-state index in [0.717, 1.165) is 21.4 Å². The molecule has 3 aromatic heterocycles. The molecule has 29 heavy (non-hydrogen) atoms. The summed E-state index contributed by atoms with van der Waals surface area (Å²) >= 11 is 0. The lowest BCUT2D eigenvalue weighted by atomic mass is 10.1. The topological polar surface area (TPSA) is 99.6 Å². The largest absolute Gasteiger partial charge is 0.361 e. The molecule has 1 atom stereocenters. The maximum atomic E-state index is 12.9. The first-order valence-corrected chi connectivity index (χ1v) is 9.24. The molecule has 0 radical (unpaired) electrons. The van der Waals surface area contributed by atoms with E-state index in [9.17, 15) is 14.4 Å². The van der Waals surface area contributed by atoms with E-state index >= 15 is 0 Å². The SMILES string of the molecule is O=C1NC(Cc2c[nH]c3ccccc23)C(=O)N1Cc1cc(=O)n2ccccc2n1. The van der Waals surface area contributed by atoms with Crippen LogP contribution in [0.15, 0.2) is 65.7 Å². The van der Waals surface area contributed by atoms with Crippen molar-refractivity contribution in [1.82, 2.24) is 24.6 Å². The molecule has 3 amide bonds. The summed E-state index contributed by atoms with van der Waals surface area (Å²) in [6.07, 6.45) is 3.87. The number of nitrogens with zero attached hydrogens (tertiary/aromatic N) is 3. The van der Waals surface area contributed by atoms with E-state index < -0.39 is 12.1 Å². The first-order chi connectivity index (χ1) is 14.1. The molecule has 144 valence electrons. The van der Waals surface area contributed by atoms with Crippen molar-refractivity contribution in [2.75, 3.05) is 0 Å². The third kappa shape index (κ3) is 2.94. The zero-order valence-electron chi connectivity index (χ0n) is 15.3. The van der Waals surface area contributed by atoms with E-state index in [0.29, 0.717) is 17.8 Å². The van der Waals surface area contributed by atoms with Gasteiger partial charge < -0.3 is 10.3 Å².